The summed E-state index contributed by atoms with van der Waals surface area (Å²) in [4.78, 5) is 41.0. The number of hydrogen-bond donors (Lipinski definition) is 2. The van der Waals surface area contributed by atoms with E-state index in [1.165, 1.54) is 0 Å². The molecule has 3 aromatic rings. The van der Waals surface area contributed by atoms with Gasteiger partial charge < -0.3 is 19.4 Å². The van der Waals surface area contributed by atoms with Crippen molar-refractivity contribution in [2.24, 2.45) is 0 Å². The second-order valence-corrected chi connectivity index (χ2v) is 8.38. The zero-order valence-corrected chi connectivity index (χ0v) is 17.3. The van der Waals surface area contributed by atoms with Gasteiger partial charge in [0.25, 0.3) is 11.8 Å². The van der Waals surface area contributed by atoms with E-state index < -0.39 is 17.5 Å². The van der Waals surface area contributed by atoms with Gasteiger partial charge in [0.05, 0.1) is 13.7 Å². The van der Waals surface area contributed by atoms with Crippen LogP contribution in [-0.2, 0) is 23.3 Å². The monoisotopic (exact) mass is 424 g/mol. The minimum atomic E-state index is -1.34. The second-order valence-electron chi connectivity index (χ2n) is 7.49. The summed E-state index contributed by atoms with van der Waals surface area (Å²) in [5.41, 5.74) is 1.81. The van der Waals surface area contributed by atoms with Crippen LogP contribution in [0.4, 0.5) is 4.79 Å². The van der Waals surface area contributed by atoms with Gasteiger partial charge in [-0.05, 0) is 29.7 Å². The molecule has 154 valence electrons. The Balaban J connectivity index is 1.58. The molecular formula is C21H20N4O4S. The van der Waals surface area contributed by atoms with Gasteiger partial charge in [-0.1, -0.05) is 13.0 Å². The first-order valence-electron chi connectivity index (χ1n) is 9.64. The number of nitrogens with zero attached hydrogens (tertiary/aromatic N) is 2. The van der Waals surface area contributed by atoms with Crippen molar-refractivity contribution in [2.45, 2.75) is 25.4 Å². The fourth-order valence-electron chi connectivity index (χ4n) is 4.42. The predicted octanol–water partition coefficient (Wildman–Crippen LogP) is 2.26. The van der Waals surface area contributed by atoms with Crippen molar-refractivity contribution in [3.05, 3.63) is 58.2 Å². The van der Waals surface area contributed by atoms with Gasteiger partial charge in [-0.2, -0.15) is 0 Å². The first-order valence-corrected chi connectivity index (χ1v) is 10.5. The van der Waals surface area contributed by atoms with Gasteiger partial charge in [-0.15, -0.1) is 11.3 Å². The average Bonchev–Trinajstić information content (AvgIpc) is 3.45. The molecule has 0 spiro atoms. The topological polar surface area (TPSA) is 92.2 Å². The summed E-state index contributed by atoms with van der Waals surface area (Å²) < 4.78 is 7.20. The second kappa shape index (κ2) is 6.60. The molecule has 0 bridgehead atoms. The van der Waals surface area contributed by atoms with E-state index in [1.54, 1.807) is 29.4 Å². The third-order valence-corrected chi connectivity index (χ3v) is 6.80. The molecule has 2 aromatic heterocycles. The van der Waals surface area contributed by atoms with Crippen LogP contribution in [0.1, 0.15) is 34.0 Å². The van der Waals surface area contributed by atoms with Crippen LogP contribution in [0.15, 0.2) is 36.0 Å². The maximum atomic E-state index is 13.1. The molecule has 2 aliphatic heterocycles. The summed E-state index contributed by atoms with van der Waals surface area (Å²) in [6.07, 6.45) is 4.50. The molecule has 0 saturated carbocycles. The van der Waals surface area contributed by atoms with Gasteiger partial charge >= 0.3 is 6.03 Å². The van der Waals surface area contributed by atoms with E-state index in [0.717, 1.165) is 21.5 Å². The highest BCUT2D eigenvalue weighted by atomic mass is 32.1. The number of urea groups is 1. The summed E-state index contributed by atoms with van der Waals surface area (Å²) >= 11 is 1.58. The molecule has 30 heavy (non-hydrogen) atoms. The van der Waals surface area contributed by atoms with Crippen molar-refractivity contribution < 1.29 is 19.1 Å². The molecule has 1 fully saturated rings. The van der Waals surface area contributed by atoms with Crippen LogP contribution in [0, 0.1) is 0 Å². The molecule has 5 rings (SSSR count). The Morgan fingerprint density at radius 2 is 2.10 bits per heavy atom. The van der Waals surface area contributed by atoms with Gasteiger partial charge in [0.1, 0.15) is 10.6 Å². The van der Waals surface area contributed by atoms with E-state index in [4.69, 9.17) is 4.74 Å². The number of imide groups is 1. The number of aryl methyl sites for hydroxylation is 1. The molecule has 0 aliphatic carbocycles. The molecule has 8 nitrogen and oxygen atoms in total. The molecule has 2 aliphatic rings. The van der Waals surface area contributed by atoms with Gasteiger partial charge in [0.15, 0.2) is 5.54 Å². The zero-order valence-electron chi connectivity index (χ0n) is 16.5. The fourth-order valence-corrected chi connectivity index (χ4v) is 5.37. The van der Waals surface area contributed by atoms with Gasteiger partial charge in [-0.3, -0.25) is 14.9 Å². The zero-order chi connectivity index (χ0) is 21.0. The number of methoxy groups -OCH3 is 1. The Morgan fingerprint density at radius 1 is 1.27 bits per heavy atom. The van der Waals surface area contributed by atoms with E-state index >= 15 is 0 Å². The number of carbonyl (C=O) groups excluding carboxylic acids is 3. The Labute approximate surface area is 176 Å². The minimum absolute atomic E-state index is 0.0469. The summed E-state index contributed by atoms with van der Waals surface area (Å²) in [7, 11) is 1.55. The maximum Gasteiger partial charge on any atom is 0.322 e. The summed E-state index contributed by atoms with van der Waals surface area (Å²) in [6, 6.07) is 4.83. The number of thiazole rings is 1. The number of aromatic nitrogens is 1. The van der Waals surface area contributed by atoms with Crippen LogP contribution in [-0.4, -0.2) is 40.8 Å². The highest BCUT2D eigenvalue weighted by molar-refractivity contribution is 7.15. The van der Waals surface area contributed by atoms with Crippen LogP contribution in [0.5, 0.6) is 5.75 Å². The van der Waals surface area contributed by atoms with Crippen molar-refractivity contribution in [1.29, 1.82) is 0 Å². The van der Waals surface area contributed by atoms with Crippen LogP contribution >= 0.6 is 11.3 Å². The van der Waals surface area contributed by atoms with Gasteiger partial charge in [0.2, 0.25) is 0 Å². The third-order valence-electron chi connectivity index (χ3n) is 5.87. The van der Waals surface area contributed by atoms with Crippen molar-refractivity contribution in [3.8, 4) is 5.75 Å². The lowest BCUT2D eigenvalue weighted by atomic mass is 9.87. The maximum absolute atomic E-state index is 13.1. The number of carbonyl (C=O) groups is 3. The lowest BCUT2D eigenvalue weighted by Crippen LogP contribution is -2.53. The molecule has 4 amide bonds. The highest BCUT2D eigenvalue weighted by Crippen LogP contribution is 2.37. The van der Waals surface area contributed by atoms with E-state index in [2.05, 4.69) is 10.6 Å². The third kappa shape index (κ3) is 2.55. The summed E-state index contributed by atoms with van der Waals surface area (Å²) in [6.45, 7) is 2.43. The van der Waals surface area contributed by atoms with Crippen molar-refractivity contribution in [1.82, 2.24) is 19.9 Å². The Hall–Kier alpha value is -3.33. The largest absolute Gasteiger partial charge is 0.497 e. The van der Waals surface area contributed by atoms with Crippen LogP contribution < -0.4 is 15.4 Å². The SMILES string of the molecule is CCc1c(C2(CN3Cc4ccc(OC)cc4C3=O)NC(=O)NC2=O)cn2ccsc12. The standard InChI is InChI=1S/C21H20N4O4S/c1-3-14-16(10-24-6-7-30-18(14)24)21(19(27)22-20(28)23-21)11-25-9-12-4-5-13(29-2)8-15(12)17(25)26/h4-8,10H,3,9,11H2,1-2H3,(H2,22,23,27,28). The van der Waals surface area contributed by atoms with E-state index in [-0.39, 0.29) is 12.5 Å². The number of ether oxygens (including phenoxy) is 1. The predicted molar refractivity (Wildman–Crippen MR) is 111 cm³/mol. The minimum Gasteiger partial charge on any atom is -0.497 e. The van der Waals surface area contributed by atoms with Crippen molar-refractivity contribution >= 4 is 34.0 Å². The summed E-state index contributed by atoms with van der Waals surface area (Å²) in [5, 5.41) is 7.18. The fraction of sp³-hybridized carbons (Fsp3) is 0.286. The molecular weight excluding hydrogens is 404 g/mol. The molecule has 2 N–H and O–H groups in total. The lowest BCUT2D eigenvalue weighted by molar-refractivity contribution is -0.124. The smallest absolute Gasteiger partial charge is 0.322 e. The highest BCUT2D eigenvalue weighted by Gasteiger charge is 2.52. The van der Waals surface area contributed by atoms with E-state index in [1.807, 2.05) is 41.2 Å². The average molecular weight is 424 g/mol. The number of amides is 4. The van der Waals surface area contributed by atoms with Crippen molar-refractivity contribution in [2.75, 3.05) is 13.7 Å². The Kier molecular flexibility index (Phi) is 4.11. The lowest BCUT2D eigenvalue weighted by Gasteiger charge is -2.31. The number of rotatable bonds is 5. The number of benzene rings is 1. The molecule has 1 unspecified atom stereocenters. The Bertz CT molecular complexity index is 1210. The van der Waals surface area contributed by atoms with Crippen LogP contribution in [0.25, 0.3) is 4.83 Å². The molecule has 4 heterocycles. The quantitative estimate of drug-likeness (QED) is 0.615. The van der Waals surface area contributed by atoms with E-state index in [9.17, 15) is 14.4 Å². The van der Waals surface area contributed by atoms with Crippen LogP contribution in [0.3, 0.4) is 0 Å². The number of fused-ring (bicyclic) bond motifs is 2. The molecule has 1 saturated heterocycles. The van der Waals surface area contributed by atoms with Crippen molar-refractivity contribution in [3.63, 3.8) is 0 Å². The number of nitrogens with one attached hydrogen (secondary N) is 2. The normalized spacial score (nSPS) is 20.6. The molecule has 9 heteroatoms. The first kappa shape index (κ1) is 18.7. The number of hydrogen-bond acceptors (Lipinski definition) is 5. The van der Waals surface area contributed by atoms with Gasteiger partial charge in [0, 0.05) is 35.4 Å². The van der Waals surface area contributed by atoms with Gasteiger partial charge in [-0.25, -0.2) is 4.79 Å². The first-order chi connectivity index (χ1) is 14.5. The molecule has 1 aromatic carbocycles. The van der Waals surface area contributed by atoms with E-state index in [0.29, 0.717) is 24.3 Å². The Morgan fingerprint density at radius 3 is 2.80 bits per heavy atom. The van der Waals surface area contributed by atoms with Crippen LogP contribution in [0.2, 0.25) is 0 Å². The molecule has 1 atom stereocenters. The summed E-state index contributed by atoms with van der Waals surface area (Å²) in [5.74, 6) is -0.0235. The molecule has 0 radical (unpaired) electrons.